The molecule has 3 heteroatoms. The highest BCUT2D eigenvalue weighted by Gasteiger charge is 2.24. The van der Waals surface area contributed by atoms with Crippen LogP contribution in [0, 0.1) is 0 Å². The number of nitrogens with one attached hydrogen (secondary N) is 1. The standard InChI is InChI=1S/C11H24N2O/c1-5-14-8-11(4)13-6-9(2)12-10(3)7-13/h9-12H,5-8H2,1-4H3. The summed E-state index contributed by atoms with van der Waals surface area (Å²) in [6.07, 6.45) is 0. The molecule has 84 valence electrons. The minimum absolute atomic E-state index is 0.543. The smallest absolute Gasteiger partial charge is 0.0619 e. The fourth-order valence-corrected chi connectivity index (χ4v) is 2.12. The molecule has 0 aromatic heterocycles. The quantitative estimate of drug-likeness (QED) is 0.735. The molecule has 0 bridgehead atoms. The first-order valence-electron chi connectivity index (χ1n) is 5.71. The predicted molar refractivity (Wildman–Crippen MR) is 59.6 cm³/mol. The van der Waals surface area contributed by atoms with Crippen molar-refractivity contribution in [3.05, 3.63) is 0 Å². The van der Waals surface area contributed by atoms with Crippen molar-refractivity contribution in [1.82, 2.24) is 10.2 Å². The van der Waals surface area contributed by atoms with Gasteiger partial charge in [0, 0.05) is 37.8 Å². The molecule has 0 aromatic carbocycles. The number of ether oxygens (including phenoxy) is 1. The van der Waals surface area contributed by atoms with Crippen LogP contribution in [0.3, 0.4) is 0 Å². The summed E-state index contributed by atoms with van der Waals surface area (Å²) in [4.78, 5) is 2.52. The van der Waals surface area contributed by atoms with Crippen LogP contribution >= 0.6 is 0 Å². The Labute approximate surface area is 87.8 Å². The zero-order valence-electron chi connectivity index (χ0n) is 9.92. The molecule has 1 aliphatic rings. The van der Waals surface area contributed by atoms with E-state index in [1.165, 1.54) is 0 Å². The van der Waals surface area contributed by atoms with Gasteiger partial charge in [-0.2, -0.15) is 0 Å². The van der Waals surface area contributed by atoms with E-state index in [1.807, 2.05) is 0 Å². The minimum Gasteiger partial charge on any atom is -0.380 e. The van der Waals surface area contributed by atoms with Gasteiger partial charge in [0.15, 0.2) is 0 Å². The Bertz CT molecular complexity index is 153. The second-order valence-corrected chi connectivity index (χ2v) is 4.43. The van der Waals surface area contributed by atoms with E-state index in [-0.39, 0.29) is 0 Å². The van der Waals surface area contributed by atoms with E-state index >= 15 is 0 Å². The van der Waals surface area contributed by atoms with Gasteiger partial charge in [-0.05, 0) is 27.7 Å². The van der Waals surface area contributed by atoms with Gasteiger partial charge >= 0.3 is 0 Å². The summed E-state index contributed by atoms with van der Waals surface area (Å²) in [6.45, 7) is 12.7. The summed E-state index contributed by atoms with van der Waals surface area (Å²) in [5, 5.41) is 3.54. The maximum Gasteiger partial charge on any atom is 0.0619 e. The highest BCUT2D eigenvalue weighted by atomic mass is 16.5. The molecule has 1 N–H and O–H groups in total. The molecule has 1 rings (SSSR count). The van der Waals surface area contributed by atoms with E-state index in [9.17, 15) is 0 Å². The third kappa shape index (κ3) is 3.56. The van der Waals surface area contributed by atoms with E-state index in [0.717, 1.165) is 26.3 Å². The van der Waals surface area contributed by atoms with Gasteiger partial charge in [0.1, 0.15) is 0 Å². The van der Waals surface area contributed by atoms with Crippen molar-refractivity contribution in [3.63, 3.8) is 0 Å². The highest BCUT2D eigenvalue weighted by molar-refractivity contribution is 4.83. The number of hydrogen-bond donors (Lipinski definition) is 1. The zero-order chi connectivity index (χ0) is 10.6. The van der Waals surface area contributed by atoms with Crippen LogP contribution in [-0.4, -0.2) is 49.3 Å². The molecule has 3 nitrogen and oxygen atoms in total. The summed E-state index contributed by atoms with van der Waals surface area (Å²) in [6, 6.07) is 1.74. The van der Waals surface area contributed by atoms with Gasteiger partial charge in [-0.1, -0.05) is 0 Å². The van der Waals surface area contributed by atoms with Crippen molar-refractivity contribution in [1.29, 1.82) is 0 Å². The average molecular weight is 200 g/mol. The second-order valence-electron chi connectivity index (χ2n) is 4.43. The van der Waals surface area contributed by atoms with Gasteiger partial charge in [-0.25, -0.2) is 0 Å². The van der Waals surface area contributed by atoms with Gasteiger partial charge < -0.3 is 10.1 Å². The summed E-state index contributed by atoms with van der Waals surface area (Å²) in [7, 11) is 0. The van der Waals surface area contributed by atoms with Gasteiger partial charge in [0.2, 0.25) is 0 Å². The molecule has 1 saturated heterocycles. The van der Waals surface area contributed by atoms with E-state index in [2.05, 4.69) is 37.9 Å². The predicted octanol–water partition coefficient (Wildman–Crippen LogP) is 1.09. The van der Waals surface area contributed by atoms with Crippen LogP contribution in [0.2, 0.25) is 0 Å². The van der Waals surface area contributed by atoms with E-state index < -0.39 is 0 Å². The topological polar surface area (TPSA) is 24.5 Å². The largest absolute Gasteiger partial charge is 0.380 e. The Morgan fingerprint density at radius 1 is 1.36 bits per heavy atom. The van der Waals surface area contributed by atoms with Crippen LogP contribution < -0.4 is 5.32 Å². The molecule has 0 amide bonds. The Balaban J connectivity index is 2.34. The lowest BCUT2D eigenvalue weighted by Gasteiger charge is -2.39. The third-order valence-electron chi connectivity index (χ3n) is 2.77. The molecule has 0 aliphatic carbocycles. The number of nitrogens with zero attached hydrogens (tertiary/aromatic N) is 1. The molecule has 1 aliphatic heterocycles. The van der Waals surface area contributed by atoms with Crippen molar-refractivity contribution in [3.8, 4) is 0 Å². The first-order chi connectivity index (χ1) is 6.63. The first-order valence-corrected chi connectivity index (χ1v) is 5.71. The monoisotopic (exact) mass is 200 g/mol. The fraction of sp³-hybridized carbons (Fsp3) is 1.00. The molecule has 14 heavy (non-hydrogen) atoms. The van der Waals surface area contributed by atoms with Crippen LogP contribution in [-0.2, 0) is 4.74 Å². The summed E-state index contributed by atoms with van der Waals surface area (Å²) in [5.74, 6) is 0. The lowest BCUT2D eigenvalue weighted by Crippen LogP contribution is -2.57. The van der Waals surface area contributed by atoms with Crippen LogP contribution in [0.5, 0.6) is 0 Å². The third-order valence-corrected chi connectivity index (χ3v) is 2.77. The van der Waals surface area contributed by atoms with Crippen LogP contribution in [0.15, 0.2) is 0 Å². The number of piperazine rings is 1. The lowest BCUT2D eigenvalue weighted by molar-refractivity contribution is 0.0509. The van der Waals surface area contributed by atoms with Crippen molar-refractivity contribution >= 4 is 0 Å². The molecular formula is C11H24N2O. The first kappa shape index (κ1) is 12.0. The normalized spacial score (nSPS) is 31.7. The van der Waals surface area contributed by atoms with E-state index in [1.54, 1.807) is 0 Å². The number of hydrogen-bond acceptors (Lipinski definition) is 3. The maximum absolute atomic E-state index is 5.46. The van der Waals surface area contributed by atoms with Gasteiger partial charge in [-0.15, -0.1) is 0 Å². The number of rotatable bonds is 4. The van der Waals surface area contributed by atoms with Crippen LogP contribution in [0.4, 0.5) is 0 Å². The van der Waals surface area contributed by atoms with Gasteiger partial charge in [0.25, 0.3) is 0 Å². The van der Waals surface area contributed by atoms with Crippen LogP contribution in [0.1, 0.15) is 27.7 Å². The van der Waals surface area contributed by atoms with E-state index in [0.29, 0.717) is 18.1 Å². The SMILES string of the molecule is CCOCC(C)N1CC(C)NC(C)C1. The van der Waals surface area contributed by atoms with E-state index in [4.69, 9.17) is 4.74 Å². The van der Waals surface area contributed by atoms with Gasteiger partial charge in [-0.3, -0.25) is 4.90 Å². The lowest BCUT2D eigenvalue weighted by atomic mass is 10.1. The molecular weight excluding hydrogens is 176 g/mol. The summed E-state index contributed by atoms with van der Waals surface area (Å²) in [5.41, 5.74) is 0. The molecule has 0 radical (unpaired) electrons. The van der Waals surface area contributed by atoms with Gasteiger partial charge in [0.05, 0.1) is 6.61 Å². The minimum atomic E-state index is 0.543. The second kappa shape index (κ2) is 5.69. The van der Waals surface area contributed by atoms with Crippen LogP contribution in [0.25, 0.3) is 0 Å². The van der Waals surface area contributed by atoms with Crippen molar-refractivity contribution in [2.45, 2.75) is 45.8 Å². The Morgan fingerprint density at radius 2 is 1.93 bits per heavy atom. The maximum atomic E-state index is 5.46. The molecule has 0 aromatic rings. The molecule has 1 heterocycles. The average Bonchev–Trinajstić information content (AvgIpc) is 2.12. The molecule has 0 saturated carbocycles. The Morgan fingerprint density at radius 3 is 2.43 bits per heavy atom. The Kier molecular flexibility index (Phi) is 4.85. The van der Waals surface area contributed by atoms with Crippen molar-refractivity contribution in [2.75, 3.05) is 26.3 Å². The summed E-state index contributed by atoms with van der Waals surface area (Å²) < 4.78 is 5.46. The highest BCUT2D eigenvalue weighted by Crippen LogP contribution is 2.08. The molecule has 1 fully saturated rings. The molecule has 3 unspecified atom stereocenters. The Hall–Kier alpha value is -0.120. The molecule has 0 spiro atoms. The molecule has 3 atom stereocenters. The van der Waals surface area contributed by atoms with Crippen molar-refractivity contribution < 1.29 is 4.74 Å². The zero-order valence-corrected chi connectivity index (χ0v) is 9.92. The summed E-state index contributed by atoms with van der Waals surface area (Å²) >= 11 is 0. The van der Waals surface area contributed by atoms with Crippen molar-refractivity contribution in [2.24, 2.45) is 0 Å². The fourth-order valence-electron chi connectivity index (χ4n) is 2.12.